The molecule has 3 N–H and O–H groups in total. The number of nitrogens with one attached hydrogen (secondary N) is 1. The molecule has 310 valence electrons. The number of carbonyl (C=O) groups excluding carboxylic acids is 1. The second-order valence-corrected chi connectivity index (χ2v) is 15.8. The van der Waals surface area contributed by atoms with Gasteiger partial charge in [0.05, 0.1) is 18.8 Å². The Hall–Kier alpha value is -1.65. The number of carbonyl (C=O) groups is 1. The zero-order valence-electron chi connectivity index (χ0n) is 35.5. The van der Waals surface area contributed by atoms with Gasteiger partial charge >= 0.3 is 0 Å². The van der Waals surface area contributed by atoms with Crippen LogP contribution in [-0.4, -0.2) is 34.9 Å². The van der Waals surface area contributed by atoms with Crippen LogP contribution in [0.15, 0.2) is 48.6 Å². The summed E-state index contributed by atoms with van der Waals surface area (Å²) in [7, 11) is 0. The molecular formula is C49H91NO3. The van der Waals surface area contributed by atoms with Gasteiger partial charge in [-0.15, -0.1) is 0 Å². The summed E-state index contributed by atoms with van der Waals surface area (Å²) in [5.74, 6) is -0.0658. The van der Waals surface area contributed by atoms with E-state index in [-0.39, 0.29) is 12.5 Å². The van der Waals surface area contributed by atoms with Crippen LogP contribution in [0, 0.1) is 0 Å². The summed E-state index contributed by atoms with van der Waals surface area (Å²) in [6, 6.07) is -0.620. The molecule has 4 nitrogen and oxygen atoms in total. The number of allylic oxidation sites excluding steroid dienone is 7. The highest BCUT2D eigenvalue weighted by Crippen LogP contribution is 2.15. The summed E-state index contributed by atoms with van der Waals surface area (Å²) < 4.78 is 0. The van der Waals surface area contributed by atoms with Gasteiger partial charge in [-0.1, -0.05) is 223 Å². The lowest BCUT2D eigenvalue weighted by molar-refractivity contribution is -0.123. The van der Waals surface area contributed by atoms with Gasteiger partial charge in [0.2, 0.25) is 5.91 Å². The normalized spacial score (nSPS) is 13.4. The molecule has 0 saturated carbocycles. The first-order valence-electron chi connectivity index (χ1n) is 23.4. The molecule has 4 heteroatoms. The fraction of sp³-hybridized carbons (Fsp3) is 0.816. The van der Waals surface area contributed by atoms with Gasteiger partial charge in [0, 0.05) is 6.42 Å². The number of rotatable bonds is 42. The fourth-order valence-corrected chi connectivity index (χ4v) is 6.95. The average molecular weight is 742 g/mol. The molecule has 0 heterocycles. The first kappa shape index (κ1) is 51.4. The van der Waals surface area contributed by atoms with Crippen LogP contribution in [0.2, 0.25) is 0 Å². The largest absolute Gasteiger partial charge is 0.394 e. The highest BCUT2D eigenvalue weighted by atomic mass is 16.3. The quantitative estimate of drug-likeness (QED) is 0.0431. The Labute approximate surface area is 331 Å². The zero-order valence-corrected chi connectivity index (χ0v) is 35.5. The molecule has 0 spiro atoms. The Morgan fingerprint density at radius 2 is 0.774 bits per heavy atom. The molecule has 0 rings (SSSR count). The van der Waals surface area contributed by atoms with E-state index < -0.39 is 12.1 Å². The molecule has 0 bridgehead atoms. The van der Waals surface area contributed by atoms with Crippen LogP contribution in [0.4, 0.5) is 0 Å². The minimum Gasteiger partial charge on any atom is -0.394 e. The molecular weight excluding hydrogens is 651 g/mol. The highest BCUT2D eigenvalue weighted by molar-refractivity contribution is 5.76. The third-order valence-corrected chi connectivity index (χ3v) is 10.6. The standard InChI is InChI=1S/C49H91NO3/c1-3-5-7-9-11-13-15-16-17-18-19-20-21-22-23-24-25-26-27-28-29-30-31-32-33-34-35-37-39-41-43-45-49(53)50-47(46-51)48(52)44-42-40-38-36-14-12-10-8-6-4-2/h15-16,18-19,21-22,42,44,47-48,51-52H,3-14,17,20,23-41,43,45-46H2,1-2H3,(H,50,53)/b16-15-,19-18-,22-21-,44-42+. The summed E-state index contributed by atoms with van der Waals surface area (Å²) in [4.78, 5) is 12.4. The smallest absolute Gasteiger partial charge is 0.220 e. The zero-order chi connectivity index (χ0) is 38.6. The summed E-state index contributed by atoms with van der Waals surface area (Å²) in [6.45, 7) is 4.28. The van der Waals surface area contributed by atoms with Gasteiger partial charge in [-0.05, 0) is 57.8 Å². The predicted octanol–water partition coefficient (Wildman–Crippen LogP) is 14.7. The van der Waals surface area contributed by atoms with E-state index in [0.717, 1.165) is 38.5 Å². The number of hydrogen-bond donors (Lipinski definition) is 3. The summed E-state index contributed by atoms with van der Waals surface area (Å²) in [5, 5.41) is 22.9. The topological polar surface area (TPSA) is 69.6 Å². The highest BCUT2D eigenvalue weighted by Gasteiger charge is 2.17. The van der Waals surface area contributed by atoms with Crippen LogP contribution < -0.4 is 5.32 Å². The minimum atomic E-state index is -0.837. The maximum atomic E-state index is 12.4. The Morgan fingerprint density at radius 1 is 0.453 bits per heavy atom. The second-order valence-electron chi connectivity index (χ2n) is 15.8. The van der Waals surface area contributed by atoms with Crippen molar-refractivity contribution < 1.29 is 15.0 Å². The third kappa shape index (κ3) is 41.4. The van der Waals surface area contributed by atoms with Gasteiger partial charge < -0.3 is 15.5 Å². The maximum absolute atomic E-state index is 12.4. The van der Waals surface area contributed by atoms with E-state index in [4.69, 9.17) is 0 Å². The summed E-state index contributed by atoms with van der Waals surface area (Å²) >= 11 is 0. The molecule has 0 aliphatic rings. The van der Waals surface area contributed by atoms with E-state index in [2.05, 4.69) is 55.6 Å². The molecule has 0 aliphatic heterocycles. The molecule has 0 aromatic heterocycles. The van der Waals surface area contributed by atoms with Gasteiger partial charge in [-0.3, -0.25) is 4.79 Å². The van der Waals surface area contributed by atoms with Crippen molar-refractivity contribution in [3.63, 3.8) is 0 Å². The molecule has 0 saturated heterocycles. The first-order valence-corrected chi connectivity index (χ1v) is 23.4. The van der Waals surface area contributed by atoms with E-state index in [1.165, 1.54) is 180 Å². The Morgan fingerprint density at radius 3 is 1.15 bits per heavy atom. The second kappa shape index (κ2) is 44.7. The molecule has 0 aliphatic carbocycles. The van der Waals surface area contributed by atoms with Gasteiger partial charge in [0.15, 0.2) is 0 Å². The Balaban J connectivity index is 3.46. The van der Waals surface area contributed by atoms with Crippen molar-refractivity contribution in [1.82, 2.24) is 5.32 Å². The van der Waals surface area contributed by atoms with Crippen LogP contribution in [0.1, 0.15) is 239 Å². The SMILES string of the molecule is CCCCCCC/C=C\C/C=C\C/C=C\CCCCCCCCCCCCCCCCCCC(=O)NC(CO)C(O)/C=C/CCCCCCCCCC. The van der Waals surface area contributed by atoms with Crippen molar-refractivity contribution >= 4 is 5.91 Å². The van der Waals surface area contributed by atoms with Gasteiger partial charge in [-0.2, -0.15) is 0 Å². The minimum absolute atomic E-state index is 0.0658. The lowest BCUT2D eigenvalue weighted by atomic mass is 10.0. The summed E-state index contributed by atoms with van der Waals surface area (Å²) in [5.41, 5.74) is 0. The van der Waals surface area contributed by atoms with Crippen LogP contribution >= 0.6 is 0 Å². The van der Waals surface area contributed by atoms with Crippen molar-refractivity contribution in [2.75, 3.05) is 6.61 Å². The monoisotopic (exact) mass is 742 g/mol. The van der Waals surface area contributed by atoms with E-state index in [1.54, 1.807) is 6.08 Å². The Bertz CT molecular complexity index is 847. The molecule has 2 unspecified atom stereocenters. The van der Waals surface area contributed by atoms with Crippen LogP contribution in [0.5, 0.6) is 0 Å². The number of amides is 1. The average Bonchev–Trinajstić information content (AvgIpc) is 3.16. The number of aliphatic hydroxyl groups is 2. The third-order valence-electron chi connectivity index (χ3n) is 10.6. The van der Waals surface area contributed by atoms with Gasteiger partial charge in [-0.25, -0.2) is 0 Å². The predicted molar refractivity (Wildman–Crippen MR) is 235 cm³/mol. The number of hydrogen-bond acceptors (Lipinski definition) is 3. The molecule has 0 aromatic carbocycles. The lowest BCUT2D eigenvalue weighted by Crippen LogP contribution is -2.45. The van der Waals surface area contributed by atoms with E-state index in [1.807, 2.05) is 6.08 Å². The van der Waals surface area contributed by atoms with Crippen molar-refractivity contribution in [3.05, 3.63) is 48.6 Å². The van der Waals surface area contributed by atoms with Crippen LogP contribution in [0.25, 0.3) is 0 Å². The fourth-order valence-electron chi connectivity index (χ4n) is 6.95. The lowest BCUT2D eigenvalue weighted by Gasteiger charge is -2.20. The molecule has 0 radical (unpaired) electrons. The van der Waals surface area contributed by atoms with Crippen LogP contribution in [0.3, 0.4) is 0 Å². The first-order chi connectivity index (χ1) is 26.2. The van der Waals surface area contributed by atoms with Crippen molar-refractivity contribution in [2.45, 2.75) is 251 Å². The van der Waals surface area contributed by atoms with E-state index in [9.17, 15) is 15.0 Å². The van der Waals surface area contributed by atoms with Gasteiger partial charge in [0.25, 0.3) is 0 Å². The Kier molecular flexibility index (Phi) is 43.4. The number of aliphatic hydroxyl groups excluding tert-OH is 2. The van der Waals surface area contributed by atoms with Crippen molar-refractivity contribution in [1.29, 1.82) is 0 Å². The molecule has 2 atom stereocenters. The van der Waals surface area contributed by atoms with E-state index >= 15 is 0 Å². The molecule has 0 aromatic rings. The van der Waals surface area contributed by atoms with Crippen molar-refractivity contribution in [3.8, 4) is 0 Å². The summed E-state index contributed by atoms with van der Waals surface area (Å²) in [6.07, 6.45) is 61.0. The van der Waals surface area contributed by atoms with Crippen LogP contribution in [-0.2, 0) is 4.79 Å². The maximum Gasteiger partial charge on any atom is 0.220 e. The molecule has 1 amide bonds. The molecule has 0 fully saturated rings. The van der Waals surface area contributed by atoms with Gasteiger partial charge in [0.1, 0.15) is 0 Å². The molecule has 53 heavy (non-hydrogen) atoms. The number of unbranched alkanes of at least 4 members (excludes halogenated alkanes) is 29. The van der Waals surface area contributed by atoms with Crippen molar-refractivity contribution in [2.24, 2.45) is 0 Å². The van der Waals surface area contributed by atoms with E-state index in [0.29, 0.717) is 6.42 Å².